The summed E-state index contributed by atoms with van der Waals surface area (Å²) in [4.78, 5) is 35.3. The lowest BCUT2D eigenvalue weighted by Gasteiger charge is -2.19. The fourth-order valence-electron chi connectivity index (χ4n) is 2.92. The zero-order valence-electron chi connectivity index (χ0n) is 16.0. The number of anilines is 1. The van der Waals surface area contributed by atoms with Crippen LogP contribution >= 0.6 is 11.6 Å². The molecule has 0 saturated carbocycles. The van der Waals surface area contributed by atoms with Gasteiger partial charge in [0.1, 0.15) is 0 Å². The fourth-order valence-corrected chi connectivity index (χ4v) is 3.15. The molecule has 158 valence electrons. The van der Waals surface area contributed by atoms with E-state index in [1.165, 1.54) is 0 Å². The van der Waals surface area contributed by atoms with E-state index in [9.17, 15) is 24.1 Å². The maximum absolute atomic E-state index is 14.1. The number of benzene rings is 3. The van der Waals surface area contributed by atoms with Crippen LogP contribution in [0.15, 0.2) is 72.8 Å². The third-order valence-corrected chi connectivity index (χ3v) is 4.78. The van der Waals surface area contributed by atoms with Crippen LogP contribution in [0.2, 0.25) is 5.02 Å². The van der Waals surface area contributed by atoms with Gasteiger partial charge in [-0.15, -0.1) is 0 Å². The molecule has 0 aliphatic carbocycles. The van der Waals surface area contributed by atoms with Crippen LogP contribution in [0.25, 0.3) is 0 Å². The molecule has 9 heteroatoms. The minimum Gasteiger partial charge on any atom is -0.345 e. The van der Waals surface area contributed by atoms with Crippen LogP contribution in [0.3, 0.4) is 0 Å². The molecule has 31 heavy (non-hydrogen) atoms. The van der Waals surface area contributed by atoms with E-state index in [4.69, 9.17) is 11.6 Å². The second kappa shape index (κ2) is 9.82. The summed E-state index contributed by atoms with van der Waals surface area (Å²) in [5.41, 5.74) is 0.304. The zero-order chi connectivity index (χ0) is 22.4. The van der Waals surface area contributed by atoms with Crippen molar-refractivity contribution in [3.05, 3.63) is 105 Å². The summed E-state index contributed by atoms with van der Waals surface area (Å²) in [6.45, 7) is 0. The van der Waals surface area contributed by atoms with Crippen LogP contribution in [0.5, 0.6) is 0 Å². The lowest BCUT2D eigenvalue weighted by atomic mass is 10.0. The van der Waals surface area contributed by atoms with Crippen LogP contribution in [0.4, 0.5) is 15.8 Å². The Bertz CT molecular complexity index is 1120. The highest BCUT2D eigenvalue weighted by Gasteiger charge is 2.21. The van der Waals surface area contributed by atoms with Crippen molar-refractivity contribution in [2.24, 2.45) is 0 Å². The second-order valence-electron chi connectivity index (χ2n) is 6.59. The Morgan fingerprint density at radius 1 is 1.03 bits per heavy atom. The molecule has 0 bridgehead atoms. The van der Waals surface area contributed by atoms with Crippen molar-refractivity contribution >= 4 is 34.8 Å². The van der Waals surface area contributed by atoms with Crippen molar-refractivity contribution in [3.63, 3.8) is 0 Å². The van der Waals surface area contributed by atoms with Gasteiger partial charge in [-0.3, -0.25) is 19.7 Å². The second-order valence-corrected chi connectivity index (χ2v) is 7.00. The smallest absolute Gasteiger partial charge is 0.272 e. The molecule has 0 fully saturated rings. The quantitative estimate of drug-likeness (QED) is 0.402. The molecule has 0 spiro atoms. The number of carbonyl (C=O) groups excluding carboxylic acids is 2. The Hall–Kier alpha value is -3.78. The number of hydrogen-bond acceptors (Lipinski definition) is 4. The molecule has 3 aromatic rings. The van der Waals surface area contributed by atoms with Crippen molar-refractivity contribution in [1.82, 2.24) is 5.32 Å². The van der Waals surface area contributed by atoms with Crippen LogP contribution in [-0.4, -0.2) is 16.7 Å². The minimum absolute atomic E-state index is 0.195. The largest absolute Gasteiger partial charge is 0.345 e. The predicted molar refractivity (Wildman–Crippen MR) is 114 cm³/mol. The predicted octanol–water partition coefficient (Wildman–Crippen LogP) is 4.89. The molecule has 0 unspecified atom stereocenters. The third kappa shape index (κ3) is 5.64. The highest BCUT2D eigenvalue weighted by Crippen LogP contribution is 2.23. The summed E-state index contributed by atoms with van der Waals surface area (Å²) < 4.78 is 14.1. The lowest BCUT2D eigenvalue weighted by Crippen LogP contribution is -2.31. The molecule has 1 atom stereocenters. The number of carbonyl (C=O) groups is 2. The van der Waals surface area contributed by atoms with Crippen LogP contribution in [0.1, 0.15) is 28.4 Å². The van der Waals surface area contributed by atoms with E-state index in [0.29, 0.717) is 5.56 Å². The zero-order valence-corrected chi connectivity index (χ0v) is 16.8. The Morgan fingerprint density at radius 3 is 2.35 bits per heavy atom. The van der Waals surface area contributed by atoms with Crippen molar-refractivity contribution in [2.75, 3.05) is 5.32 Å². The molecule has 3 rings (SSSR count). The molecule has 0 radical (unpaired) electrons. The number of nitro benzene ring substituents is 1. The van der Waals surface area contributed by atoms with E-state index in [1.54, 1.807) is 54.6 Å². The molecule has 0 saturated heterocycles. The van der Waals surface area contributed by atoms with E-state index < -0.39 is 34.3 Å². The van der Waals surface area contributed by atoms with Gasteiger partial charge in [-0.2, -0.15) is 0 Å². The topological polar surface area (TPSA) is 101 Å². The van der Waals surface area contributed by atoms with Gasteiger partial charge in [0, 0.05) is 6.07 Å². The number of amides is 2. The van der Waals surface area contributed by atoms with Crippen molar-refractivity contribution in [1.29, 1.82) is 0 Å². The van der Waals surface area contributed by atoms with Gasteiger partial charge in [0.25, 0.3) is 11.6 Å². The standard InChI is InChI=1S/C22H17ClFN3O4/c23-17-9-5-4-8-16(17)22(29)26-20(14-6-2-1-3-7-14)13-21(28)25-19-11-10-15(27(30)31)12-18(19)24/h1-12,20H,13H2,(H,25,28)(H,26,29)/t20-/m1/s1. The van der Waals surface area contributed by atoms with E-state index >= 15 is 0 Å². The molecule has 0 aromatic heterocycles. The summed E-state index contributed by atoms with van der Waals surface area (Å²) in [5, 5.41) is 16.2. The van der Waals surface area contributed by atoms with Gasteiger partial charge in [-0.1, -0.05) is 54.1 Å². The molecule has 3 aromatic carbocycles. The summed E-state index contributed by atoms with van der Waals surface area (Å²) >= 11 is 6.08. The fraction of sp³-hybridized carbons (Fsp3) is 0.0909. The summed E-state index contributed by atoms with van der Waals surface area (Å²) in [7, 11) is 0. The van der Waals surface area contributed by atoms with E-state index in [1.807, 2.05) is 0 Å². The molecular formula is C22H17ClFN3O4. The van der Waals surface area contributed by atoms with Gasteiger partial charge in [0.15, 0.2) is 5.82 Å². The highest BCUT2D eigenvalue weighted by atomic mass is 35.5. The SMILES string of the molecule is O=C(C[C@@H](NC(=O)c1ccccc1Cl)c1ccccc1)Nc1ccc([N+](=O)[O-])cc1F. The van der Waals surface area contributed by atoms with E-state index in [-0.39, 0.29) is 22.7 Å². The number of nitrogens with one attached hydrogen (secondary N) is 2. The number of nitro groups is 1. The van der Waals surface area contributed by atoms with Gasteiger partial charge < -0.3 is 10.6 Å². The Kier molecular flexibility index (Phi) is 6.94. The summed E-state index contributed by atoms with van der Waals surface area (Å²) in [5.74, 6) is -1.98. The first-order chi connectivity index (χ1) is 14.8. The van der Waals surface area contributed by atoms with E-state index in [2.05, 4.69) is 10.6 Å². The molecule has 0 heterocycles. The molecule has 2 N–H and O–H groups in total. The van der Waals surface area contributed by atoms with Gasteiger partial charge in [-0.05, 0) is 23.8 Å². The van der Waals surface area contributed by atoms with Crippen LogP contribution < -0.4 is 10.6 Å². The maximum Gasteiger partial charge on any atom is 0.272 e. The van der Waals surface area contributed by atoms with Crippen molar-refractivity contribution in [3.8, 4) is 0 Å². The molecule has 0 aliphatic heterocycles. The van der Waals surface area contributed by atoms with Crippen molar-refractivity contribution in [2.45, 2.75) is 12.5 Å². The van der Waals surface area contributed by atoms with Crippen LogP contribution in [0, 0.1) is 15.9 Å². The Morgan fingerprint density at radius 2 is 1.71 bits per heavy atom. The lowest BCUT2D eigenvalue weighted by molar-refractivity contribution is -0.385. The monoisotopic (exact) mass is 441 g/mol. The Balaban J connectivity index is 1.77. The first-order valence-electron chi connectivity index (χ1n) is 9.19. The van der Waals surface area contributed by atoms with E-state index in [0.717, 1.165) is 18.2 Å². The summed E-state index contributed by atoms with van der Waals surface area (Å²) in [6.07, 6.45) is -0.198. The first-order valence-corrected chi connectivity index (χ1v) is 9.57. The highest BCUT2D eigenvalue weighted by molar-refractivity contribution is 6.33. The number of rotatable bonds is 7. The van der Waals surface area contributed by atoms with Gasteiger partial charge in [-0.25, -0.2) is 4.39 Å². The normalized spacial score (nSPS) is 11.4. The number of halogens is 2. The average molecular weight is 442 g/mol. The van der Waals surface area contributed by atoms with Gasteiger partial charge in [0.05, 0.1) is 39.7 Å². The minimum atomic E-state index is -0.932. The molecule has 2 amide bonds. The number of non-ortho nitro benzene ring substituents is 1. The first kappa shape index (κ1) is 21.9. The van der Waals surface area contributed by atoms with Crippen LogP contribution in [-0.2, 0) is 4.79 Å². The average Bonchev–Trinajstić information content (AvgIpc) is 2.75. The van der Waals surface area contributed by atoms with Gasteiger partial charge >= 0.3 is 0 Å². The van der Waals surface area contributed by atoms with Crippen molar-refractivity contribution < 1.29 is 18.9 Å². The molecule has 0 aliphatic rings. The number of hydrogen-bond donors (Lipinski definition) is 2. The number of nitrogens with zero attached hydrogens (tertiary/aromatic N) is 1. The molecular weight excluding hydrogens is 425 g/mol. The summed E-state index contributed by atoms with van der Waals surface area (Å²) in [6, 6.07) is 17.5. The van der Waals surface area contributed by atoms with Gasteiger partial charge in [0.2, 0.25) is 5.91 Å². The Labute approximate surface area is 182 Å². The third-order valence-electron chi connectivity index (χ3n) is 4.45. The maximum atomic E-state index is 14.1. The molecule has 7 nitrogen and oxygen atoms in total.